The number of nitrogens with zero attached hydrogens (tertiary/aromatic N) is 1. The highest BCUT2D eigenvalue weighted by atomic mass is 79.9. The van der Waals surface area contributed by atoms with Gasteiger partial charge in [0.25, 0.3) is 10.0 Å². The number of halogens is 1. The molecule has 0 amide bonds. The number of benzene rings is 1. The summed E-state index contributed by atoms with van der Waals surface area (Å²) in [5, 5.41) is 3.43. The smallest absolute Gasteiger partial charge is 0.272 e. The zero-order valence-electron chi connectivity index (χ0n) is 10.1. The Morgan fingerprint density at radius 2 is 2.05 bits per heavy atom. The molecule has 2 heterocycles. The fourth-order valence-electron chi connectivity index (χ4n) is 1.87. The third-order valence-electron chi connectivity index (χ3n) is 2.76. The molecule has 1 aromatic carbocycles. The Morgan fingerprint density at radius 1 is 1.20 bits per heavy atom. The summed E-state index contributed by atoms with van der Waals surface area (Å²) in [6.07, 6.45) is 3.33. The van der Waals surface area contributed by atoms with Crippen LogP contribution in [0.1, 0.15) is 0 Å². The molecule has 0 unspecified atom stereocenters. The topological polar surface area (TPSA) is 59.1 Å². The van der Waals surface area contributed by atoms with E-state index >= 15 is 0 Å². The molecule has 0 bridgehead atoms. The number of aromatic nitrogens is 1. The molecule has 0 spiro atoms. The van der Waals surface area contributed by atoms with E-state index in [0.29, 0.717) is 10.2 Å². The second-order valence-electron chi connectivity index (χ2n) is 4.06. The van der Waals surface area contributed by atoms with Crippen molar-refractivity contribution in [2.75, 3.05) is 4.72 Å². The molecule has 1 N–H and O–H groups in total. The van der Waals surface area contributed by atoms with Crippen molar-refractivity contribution < 1.29 is 8.42 Å². The molecule has 3 aromatic rings. The zero-order valence-corrected chi connectivity index (χ0v) is 13.3. The minimum Gasteiger partial charge on any atom is -0.278 e. The molecule has 0 radical (unpaired) electrons. The molecule has 2 aromatic heterocycles. The summed E-state index contributed by atoms with van der Waals surface area (Å²) < 4.78 is 28.2. The SMILES string of the molecule is O=S(=O)(Nc1cccc2ccncc12)c1sccc1Br. The van der Waals surface area contributed by atoms with Gasteiger partial charge in [-0.05, 0) is 44.9 Å². The number of fused-ring (bicyclic) bond motifs is 1. The lowest BCUT2D eigenvalue weighted by atomic mass is 10.1. The highest BCUT2D eigenvalue weighted by molar-refractivity contribution is 9.10. The number of hydrogen-bond donors (Lipinski definition) is 1. The van der Waals surface area contributed by atoms with Crippen molar-refractivity contribution in [2.24, 2.45) is 0 Å². The van der Waals surface area contributed by atoms with Crippen molar-refractivity contribution in [3.05, 3.63) is 52.6 Å². The molecule has 0 saturated heterocycles. The fraction of sp³-hybridized carbons (Fsp3) is 0. The van der Waals surface area contributed by atoms with Gasteiger partial charge in [-0.2, -0.15) is 0 Å². The molecular weight excluding hydrogens is 360 g/mol. The van der Waals surface area contributed by atoms with Crippen LogP contribution < -0.4 is 4.72 Å². The van der Waals surface area contributed by atoms with Gasteiger partial charge in [0.15, 0.2) is 4.21 Å². The number of anilines is 1. The summed E-state index contributed by atoms with van der Waals surface area (Å²) in [6, 6.07) is 9.00. The molecule has 0 aliphatic rings. The van der Waals surface area contributed by atoms with Crippen LogP contribution in [0.2, 0.25) is 0 Å². The van der Waals surface area contributed by atoms with Crippen LogP contribution in [-0.2, 0) is 10.0 Å². The van der Waals surface area contributed by atoms with Crippen LogP contribution in [0.25, 0.3) is 10.8 Å². The molecule has 3 rings (SSSR count). The first-order valence-electron chi connectivity index (χ1n) is 5.66. The number of thiophene rings is 1. The van der Waals surface area contributed by atoms with E-state index < -0.39 is 10.0 Å². The van der Waals surface area contributed by atoms with Crippen LogP contribution in [0.4, 0.5) is 5.69 Å². The number of nitrogens with one attached hydrogen (secondary N) is 1. The summed E-state index contributed by atoms with van der Waals surface area (Å²) in [5.41, 5.74) is 0.524. The average Bonchev–Trinajstić information content (AvgIpc) is 2.86. The van der Waals surface area contributed by atoms with Crippen LogP contribution in [0.3, 0.4) is 0 Å². The predicted molar refractivity (Wildman–Crippen MR) is 84.6 cm³/mol. The lowest BCUT2D eigenvalue weighted by molar-refractivity contribution is 0.603. The molecule has 0 atom stereocenters. The Kier molecular flexibility index (Phi) is 3.49. The Bertz CT molecular complexity index is 869. The van der Waals surface area contributed by atoms with Crippen LogP contribution >= 0.6 is 27.3 Å². The van der Waals surface area contributed by atoms with E-state index in [-0.39, 0.29) is 4.21 Å². The second kappa shape index (κ2) is 5.16. The van der Waals surface area contributed by atoms with E-state index in [0.717, 1.165) is 10.8 Å². The summed E-state index contributed by atoms with van der Waals surface area (Å²) >= 11 is 4.41. The normalized spacial score (nSPS) is 11.7. The highest BCUT2D eigenvalue weighted by Gasteiger charge is 2.20. The maximum absolute atomic E-state index is 12.4. The minimum atomic E-state index is -3.60. The van der Waals surface area contributed by atoms with Crippen molar-refractivity contribution in [2.45, 2.75) is 4.21 Å². The molecule has 20 heavy (non-hydrogen) atoms. The van der Waals surface area contributed by atoms with Gasteiger partial charge < -0.3 is 0 Å². The first-order chi connectivity index (χ1) is 9.58. The van der Waals surface area contributed by atoms with E-state index in [1.807, 2.05) is 18.2 Å². The molecule has 4 nitrogen and oxygen atoms in total. The van der Waals surface area contributed by atoms with Crippen LogP contribution in [0, 0.1) is 0 Å². The number of pyridine rings is 1. The lowest BCUT2D eigenvalue weighted by Crippen LogP contribution is -2.12. The maximum Gasteiger partial charge on any atom is 0.272 e. The Balaban J connectivity index is 2.08. The van der Waals surface area contributed by atoms with Crippen molar-refractivity contribution >= 4 is 53.7 Å². The standard InChI is InChI=1S/C13H9BrN2O2S2/c14-11-5-7-19-13(11)20(17,18)16-12-3-1-2-9-4-6-15-8-10(9)12/h1-8,16H. The molecule has 0 aliphatic carbocycles. The summed E-state index contributed by atoms with van der Waals surface area (Å²) in [7, 11) is -3.60. The van der Waals surface area contributed by atoms with E-state index in [4.69, 9.17) is 0 Å². The van der Waals surface area contributed by atoms with Crippen LogP contribution in [-0.4, -0.2) is 13.4 Å². The van der Waals surface area contributed by atoms with Crippen LogP contribution in [0.15, 0.2) is 56.8 Å². The van der Waals surface area contributed by atoms with Crippen molar-refractivity contribution in [1.29, 1.82) is 0 Å². The zero-order chi connectivity index (χ0) is 14.2. The number of rotatable bonds is 3. The van der Waals surface area contributed by atoms with Crippen molar-refractivity contribution in [3.8, 4) is 0 Å². The third-order valence-corrected chi connectivity index (χ3v) is 6.79. The predicted octanol–water partition coefficient (Wildman–Crippen LogP) is 3.86. The van der Waals surface area contributed by atoms with Gasteiger partial charge in [0.1, 0.15) is 0 Å². The Labute approximate surface area is 128 Å². The van der Waals surface area contributed by atoms with E-state index in [9.17, 15) is 8.42 Å². The van der Waals surface area contributed by atoms with E-state index in [2.05, 4.69) is 25.6 Å². The van der Waals surface area contributed by atoms with Crippen molar-refractivity contribution in [3.63, 3.8) is 0 Å². The average molecular weight is 369 g/mol. The molecule has 102 valence electrons. The van der Waals surface area contributed by atoms with Gasteiger partial charge in [-0.25, -0.2) is 8.42 Å². The first kappa shape index (κ1) is 13.5. The Morgan fingerprint density at radius 3 is 2.80 bits per heavy atom. The summed E-state index contributed by atoms with van der Waals surface area (Å²) in [4.78, 5) is 4.04. The molecule has 7 heteroatoms. The quantitative estimate of drug-likeness (QED) is 0.763. The van der Waals surface area contributed by atoms with E-state index in [1.165, 1.54) is 11.3 Å². The van der Waals surface area contributed by atoms with Gasteiger partial charge in [0.2, 0.25) is 0 Å². The van der Waals surface area contributed by atoms with Gasteiger partial charge in [-0.1, -0.05) is 12.1 Å². The van der Waals surface area contributed by atoms with Gasteiger partial charge in [-0.3, -0.25) is 9.71 Å². The molecule has 0 fully saturated rings. The summed E-state index contributed by atoms with van der Waals surface area (Å²) in [6.45, 7) is 0. The summed E-state index contributed by atoms with van der Waals surface area (Å²) in [5.74, 6) is 0. The lowest BCUT2D eigenvalue weighted by Gasteiger charge is -2.09. The monoisotopic (exact) mass is 368 g/mol. The Hall–Kier alpha value is -1.44. The van der Waals surface area contributed by atoms with Gasteiger partial charge in [0.05, 0.1) is 5.69 Å². The first-order valence-corrected chi connectivity index (χ1v) is 8.82. The number of hydrogen-bond acceptors (Lipinski definition) is 4. The minimum absolute atomic E-state index is 0.262. The largest absolute Gasteiger partial charge is 0.278 e. The van der Waals surface area contributed by atoms with Crippen molar-refractivity contribution in [1.82, 2.24) is 4.98 Å². The third kappa shape index (κ3) is 2.44. The molecule has 0 saturated carbocycles. The van der Waals surface area contributed by atoms with Gasteiger partial charge >= 0.3 is 0 Å². The van der Waals surface area contributed by atoms with Gasteiger partial charge in [0, 0.05) is 22.3 Å². The second-order valence-corrected chi connectivity index (χ2v) is 7.71. The number of sulfonamides is 1. The molecule has 0 aliphatic heterocycles. The fourth-order valence-corrected chi connectivity index (χ4v) is 5.28. The van der Waals surface area contributed by atoms with Crippen LogP contribution in [0.5, 0.6) is 0 Å². The highest BCUT2D eigenvalue weighted by Crippen LogP contribution is 2.31. The molecular formula is C13H9BrN2O2S2. The maximum atomic E-state index is 12.4. The van der Waals surface area contributed by atoms with Gasteiger partial charge in [-0.15, -0.1) is 11.3 Å². The van der Waals surface area contributed by atoms with E-state index in [1.54, 1.807) is 29.9 Å².